The number of methoxy groups -OCH3 is 1. The highest BCUT2D eigenvalue weighted by atomic mass is 79.9. The minimum atomic E-state index is -0.951. The molecule has 1 atom stereocenters. The molecule has 2 aromatic carbocycles. The Kier molecular flexibility index (Phi) is 8.56. The van der Waals surface area contributed by atoms with Gasteiger partial charge in [0.2, 0.25) is 0 Å². The molecule has 1 aliphatic heterocycles. The zero-order chi connectivity index (χ0) is 24.1. The lowest BCUT2D eigenvalue weighted by atomic mass is 10.1. The molecule has 1 unspecified atom stereocenters. The summed E-state index contributed by atoms with van der Waals surface area (Å²) in [6, 6.07) is 11.7. The maximum absolute atomic E-state index is 13.4. The molecule has 3 rings (SSSR count). The summed E-state index contributed by atoms with van der Waals surface area (Å²) in [4.78, 5) is 27.9. The summed E-state index contributed by atoms with van der Waals surface area (Å²) in [6.45, 7) is 5.78. The van der Waals surface area contributed by atoms with Gasteiger partial charge in [-0.15, -0.1) is 0 Å². The number of hydrogen-bond donors (Lipinski definition) is 0. The van der Waals surface area contributed by atoms with Crippen LogP contribution in [-0.4, -0.2) is 40.9 Å². The van der Waals surface area contributed by atoms with E-state index < -0.39 is 12.0 Å². The Morgan fingerprint density at radius 2 is 1.94 bits per heavy atom. The number of ether oxygens (including phenoxy) is 3. The highest BCUT2D eigenvalue weighted by Gasteiger charge is 2.42. The van der Waals surface area contributed by atoms with Crippen molar-refractivity contribution in [2.45, 2.75) is 32.9 Å². The molecular weight excluding hydrogens is 526 g/mol. The van der Waals surface area contributed by atoms with E-state index in [1.807, 2.05) is 26.0 Å². The Balaban J connectivity index is 1.98. The number of esters is 1. The monoisotopic (exact) mass is 549 g/mol. The lowest BCUT2D eigenvalue weighted by Crippen LogP contribution is -2.38. The van der Waals surface area contributed by atoms with Crippen LogP contribution in [0.1, 0.15) is 37.9 Å². The minimum absolute atomic E-state index is 0.0323. The average Bonchev–Trinajstić information content (AvgIpc) is 3.04. The fraction of sp³-hybridized carbons (Fsp3) is 0.292. The molecule has 33 heavy (non-hydrogen) atoms. The maximum Gasteiger partial charge on any atom is 0.333 e. The molecule has 6 nitrogen and oxygen atoms in total. The standard InChI is InChI=1S/C24H24BrNO5S2/c1-5-30-23(28)20(16-9-7-6-8-10-16)26-22(27)19(33-24(26)32)13-15-11-17(25)21(31-14(2)3)18(12-15)29-4/h6-14,20H,5H2,1-4H3/b19-13-. The number of carbonyl (C=O) groups excluding carboxylic acids is 2. The van der Waals surface area contributed by atoms with Crippen LogP contribution in [0, 0.1) is 0 Å². The highest BCUT2D eigenvalue weighted by Crippen LogP contribution is 2.41. The number of hydrogen-bond acceptors (Lipinski definition) is 7. The van der Waals surface area contributed by atoms with Crippen molar-refractivity contribution in [3.63, 3.8) is 0 Å². The Morgan fingerprint density at radius 1 is 1.24 bits per heavy atom. The SMILES string of the molecule is CCOC(=O)C(c1ccccc1)N1C(=O)/C(=C/c2cc(Br)c(OC(C)C)c(OC)c2)SC1=S. The molecule has 1 heterocycles. The zero-order valence-corrected chi connectivity index (χ0v) is 21.9. The van der Waals surface area contributed by atoms with Crippen molar-refractivity contribution < 1.29 is 23.8 Å². The second kappa shape index (κ2) is 11.2. The molecule has 0 N–H and O–H groups in total. The molecule has 0 spiro atoms. The molecule has 174 valence electrons. The maximum atomic E-state index is 13.4. The molecule has 0 bridgehead atoms. The third-order valence-corrected chi connectivity index (χ3v) is 6.53. The number of carbonyl (C=O) groups is 2. The quantitative estimate of drug-likeness (QED) is 0.236. The number of benzene rings is 2. The van der Waals surface area contributed by atoms with Crippen molar-refractivity contribution in [2.24, 2.45) is 0 Å². The topological polar surface area (TPSA) is 65.1 Å². The molecule has 2 aromatic rings. The fourth-order valence-electron chi connectivity index (χ4n) is 3.27. The summed E-state index contributed by atoms with van der Waals surface area (Å²) in [6.07, 6.45) is 1.69. The molecule has 0 aliphatic carbocycles. The van der Waals surface area contributed by atoms with Gasteiger partial charge in [-0.25, -0.2) is 4.79 Å². The lowest BCUT2D eigenvalue weighted by molar-refractivity contribution is -0.151. The summed E-state index contributed by atoms with van der Waals surface area (Å²) in [5, 5.41) is 0. The van der Waals surface area contributed by atoms with E-state index in [4.69, 9.17) is 26.4 Å². The van der Waals surface area contributed by atoms with Crippen LogP contribution in [0.4, 0.5) is 0 Å². The Bertz CT molecular complexity index is 1090. The number of halogens is 1. The van der Waals surface area contributed by atoms with E-state index >= 15 is 0 Å². The van der Waals surface area contributed by atoms with Gasteiger partial charge < -0.3 is 14.2 Å². The highest BCUT2D eigenvalue weighted by molar-refractivity contribution is 9.10. The van der Waals surface area contributed by atoms with Crippen molar-refractivity contribution in [2.75, 3.05) is 13.7 Å². The predicted octanol–water partition coefficient (Wildman–Crippen LogP) is 5.75. The third-order valence-electron chi connectivity index (χ3n) is 4.61. The van der Waals surface area contributed by atoms with Gasteiger partial charge in [0.1, 0.15) is 4.32 Å². The van der Waals surface area contributed by atoms with Gasteiger partial charge in [0.25, 0.3) is 5.91 Å². The molecule has 1 fully saturated rings. The van der Waals surface area contributed by atoms with Crippen LogP contribution in [-0.2, 0) is 14.3 Å². The van der Waals surface area contributed by atoms with Crippen LogP contribution in [0.15, 0.2) is 51.8 Å². The molecule has 1 aliphatic rings. The van der Waals surface area contributed by atoms with Gasteiger partial charge in [-0.2, -0.15) is 0 Å². The van der Waals surface area contributed by atoms with Crippen molar-refractivity contribution in [3.8, 4) is 11.5 Å². The lowest BCUT2D eigenvalue weighted by Gasteiger charge is -2.25. The average molecular weight is 550 g/mol. The first-order chi connectivity index (χ1) is 15.8. The van der Waals surface area contributed by atoms with Crippen LogP contribution in [0.3, 0.4) is 0 Å². The van der Waals surface area contributed by atoms with Crippen LogP contribution in [0.5, 0.6) is 11.5 Å². The second-order valence-corrected chi connectivity index (χ2v) is 9.85. The van der Waals surface area contributed by atoms with E-state index in [0.717, 1.165) is 17.3 Å². The van der Waals surface area contributed by atoms with Crippen LogP contribution < -0.4 is 9.47 Å². The van der Waals surface area contributed by atoms with Gasteiger partial charge in [0, 0.05) is 0 Å². The van der Waals surface area contributed by atoms with Crippen LogP contribution >= 0.6 is 39.9 Å². The Morgan fingerprint density at radius 3 is 2.55 bits per heavy atom. The van der Waals surface area contributed by atoms with E-state index in [2.05, 4.69) is 15.9 Å². The molecule has 0 saturated carbocycles. The number of nitrogens with zero attached hydrogens (tertiary/aromatic N) is 1. The van der Waals surface area contributed by atoms with Crippen LogP contribution in [0.25, 0.3) is 6.08 Å². The molecule has 0 radical (unpaired) electrons. The molecule has 9 heteroatoms. The summed E-state index contributed by atoms with van der Waals surface area (Å²) in [7, 11) is 1.56. The van der Waals surface area contributed by atoms with E-state index in [1.54, 1.807) is 50.4 Å². The summed E-state index contributed by atoms with van der Waals surface area (Å²) < 4.78 is 17.6. The van der Waals surface area contributed by atoms with E-state index in [1.165, 1.54) is 4.90 Å². The first kappa shape index (κ1) is 25.3. The number of amides is 1. The van der Waals surface area contributed by atoms with Gasteiger partial charge >= 0.3 is 5.97 Å². The van der Waals surface area contributed by atoms with E-state index in [-0.39, 0.29) is 18.6 Å². The van der Waals surface area contributed by atoms with Gasteiger partial charge in [0.05, 0.1) is 29.2 Å². The third kappa shape index (κ3) is 5.77. The van der Waals surface area contributed by atoms with Gasteiger partial charge in [-0.3, -0.25) is 9.69 Å². The van der Waals surface area contributed by atoms with Crippen molar-refractivity contribution >= 4 is 62.2 Å². The van der Waals surface area contributed by atoms with Gasteiger partial charge in [0.15, 0.2) is 17.5 Å². The van der Waals surface area contributed by atoms with Gasteiger partial charge in [-0.05, 0) is 66.0 Å². The first-order valence-electron chi connectivity index (χ1n) is 10.3. The smallest absolute Gasteiger partial charge is 0.333 e. The minimum Gasteiger partial charge on any atom is -0.493 e. The van der Waals surface area contributed by atoms with Crippen molar-refractivity contribution in [3.05, 3.63) is 63.0 Å². The second-order valence-electron chi connectivity index (χ2n) is 7.32. The predicted molar refractivity (Wildman–Crippen MR) is 137 cm³/mol. The number of rotatable bonds is 8. The van der Waals surface area contributed by atoms with Crippen molar-refractivity contribution in [1.29, 1.82) is 0 Å². The molecule has 1 amide bonds. The zero-order valence-electron chi connectivity index (χ0n) is 18.7. The number of thiocarbonyl (C=S) groups is 1. The normalized spacial score (nSPS) is 15.8. The summed E-state index contributed by atoms with van der Waals surface area (Å²) in [5.41, 5.74) is 1.36. The Hall–Kier alpha value is -2.36. The van der Waals surface area contributed by atoms with Gasteiger partial charge in [-0.1, -0.05) is 54.3 Å². The van der Waals surface area contributed by atoms with E-state index in [9.17, 15) is 9.59 Å². The Labute approximate surface area is 211 Å². The first-order valence-corrected chi connectivity index (χ1v) is 12.3. The number of thioether (sulfide) groups is 1. The summed E-state index contributed by atoms with van der Waals surface area (Å²) >= 11 is 10.2. The van der Waals surface area contributed by atoms with Crippen LogP contribution in [0.2, 0.25) is 0 Å². The molecule has 1 saturated heterocycles. The molecular formula is C24H24BrNO5S2. The summed E-state index contributed by atoms with van der Waals surface area (Å²) in [5.74, 6) is 0.238. The molecule has 0 aromatic heterocycles. The largest absolute Gasteiger partial charge is 0.493 e. The fourth-order valence-corrected chi connectivity index (χ4v) is 5.14. The van der Waals surface area contributed by atoms with Crippen molar-refractivity contribution in [1.82, 2.24) is 4.90 Å². The van der Waals surface area contributed by atoms with E-state index in [0.29, 0.717) is 30.8 Å².